The molecule has 0 saturated carbocycles. The van der Waals surface area contributed by atoms with Crippen molar-refractivity contribution < 1.29 is 22.6 Å². The van der Waals surface area contributed by atoms with Gasteiger partial charge in [-0.2, -0.15) is 0 Å². The molecule has 3 nitrogen and oxygen atoms in total. The Bertz CT molecular complexity index is 585. The third-order valence-corrected chi connectivity index (χ3v) is 2.66. The molecule has 0 radical (unpaired) electrons. The van der Waals surface area contributed by atoms with Crippen LogP contribution in [-0.4, -0.2) is 6.36 Å². The maximum Gasteiger partial charge on any atom is 0.573 e. The maximum absolute atomic E-state index is 12.3. The molecule has 0 fully saturated rings. The van der Waals surface area contributed by atoms with Crippen molar-refractivity contribution in [2.75, 3.05) is 0 Å². The van der Waals surface area contributed by atoms with Crippen LogP contribution in [0.2, 0.25) is 0 Å². The highest BCUT2D eigenvalue weighted by molar-refractivity contribution is 5.38. The monoisotopic (exact) mass is 297 g/mol. The molecule has 2 aromatic carbocycles. The minimum Gasteiger partial charge on any atom is -0.489 e. The van der Waals surface area contributed by atoms with E-state index in [0.29, 0.717) is 5.56 Å². The zero-order chi connectivity index (χ0) is 15.3. The predicted molar refractivity (Wildman–Crippen MR) is 71.8 cm³/mol. The van der Waals surface area contributed by atoms with E-state index in [0.717, 1.165) is 5.56 Å². The Kier molecular flexibility index (Phi) is 4.70. The standard InChI is InChI=1S/C15H14F3NO2/c16-15(17,18)21-14-7-12(9-19)6-13(8-14)20-10-11-4-2-1-3-5-11/h1-8H,9-10,19H2. The lowest BCUT2D eigenvalue weighted by molar-refractivity contribution is -0.274. The van der Waals surface area contributed by atoms with Crippen LogP contribution < -0.4 is 15.2 Å². The first-order valence-corrected chi connectivity index (χ1v) is 6.23. The molecule has 112 valence electrons. The summed E-state index contributed by atoms with van der Waals surface area (Å²) >= 11 is 0. The molecular weight excluding hydrogens is 283 g/mol. The fraction of sp³-hybridized carbons (Fsp3) is 0.200. The Balaban J connectivity index is 2.13. The van der Waals surface area contributed by atoms with Gasteiger partial charge in [-0.05, 0) is 23.3 Å². The lowest BCUT2D eigenvalue weighted by Gasteiger charge is -2.13. The fourth-order valence-corrected chi connectivity index (χ4v) is 1.77. The van der Waals surface area contributed by atoms with Crippen LogP contribution >= 0.6 is 0 Å². The smallest absolute Gasteiger partial charge is 0.489 e. The molecule has 0 heterocycles. The molecule has 0 saturated heterocycles. The Hall–Kier alpha value is -2.21. The number of hydrogen-bond donors (Lipinski definition) is 1. The summed E-state index contributed by atoms with van der Waals surface area (Å²) < 4.78 is 46.2. The number of hydrogen-bond acceptors (Lipinski definition) is 3. The first-order chi connectivity index (χ1) is 9.96. The van der Waals surface area contributed by atoms with Crippen LogP contribution in [0.15, 0.2) is 48.5 Å². The molecule has 0 spiro atoms. The molecular formula is C15H14F3NO2. The van der Waals surface area contributed by atoms with Gasteiger partial charge in [-0.3, -0.25) is 0 Å². The van der Waals surface area contributed by atoms with Crippen LogP contribution in [-0.2, 0) is 13.2 Å². The zero-order valence-corrected chi connectivity index (χ0v) is 11.1. The van der Waals surface area contributed by atoms with Crippen LogP contribution in [0.25, 0.3) is 0 Å². The van der Waals surface area contributed by atoms with E-state index in [1.807, 2.05) is 30.3 Å². The predicted octanol–water partition coefficient (Wildman–Crippen LogP) is 3.62. The van der Waals surface area contributed by atoms with E-state index in [1.54, 1.807) is 6.07 Å². The number of ether oxygens (including phenoxy) is 2. The second-order valence-corrected chi connectivity index (χ2v) is 4.34. The number of halogens is 3. The Labute approximate surface area is 120 Å². The second-order valence-electron chi connectivity index (χ2n) is 4.34. The van der Waals surface area contributed by atoms with Crippen LogP contribution in [0, 0.1) is 0 Å². The zero-order valence-electron chi connectivity index (χ0n) is 11.1. The summed E-state index contributed by atoms with van der Waals surface area (Å²) in [5.74, 6) is -0.0606. The molecule has 6 heteroatoms. The molecule has 0 bridgehead atoms. The van der Waals surface area contributed by atoms with Crippen LogP contribution in [0.4, 0.5) is 13.2 Å². The first kappa shape index (κ1) is 15.2. The lowest BCUT2D eigenvalue weighted by Crippen LogP contribution is -2.17. The third-order valence-electron chi connectivity index (χ3n) is 2.66. The summed E-state index contributed by atoms with van der Waals surface area (Å²) in [5.41, 5.74) is 6.88. The largest absolute Gasteiger partial charge is 0.573 e. The van der Waals surface area contributed by atoms with Crippen LogP contribution in [0.3, 0.4) is 0 Å². The van der Waals surface area contributed by atoms with Gasteiger partial charge in [0, 0.05) is 12.6 Å². The van der Waals surface area contributed by atoms with Gasteiger partial charge in [0.05, 0.1) is 0 Å². The van der Waals surface area contributed by atoms with Gasteiger partial charge in [0.15, 0.2) is 0 Å². The van der Waals surface area contributed by atoms with Crippen molar-refractivity contribution in [1.29, 1.82) is 0 Å². The van der Waals surface area contributed by atoms with Crippen LogP contribution in [0.1, 0.15) is 11.1 Å². The molecule has 0 atom stereocenters. The number of nitrogens with two attached hydrogens (primary N) is 1. The normalized spacial score (nSPS) is 11.2. The molecule has 0 unspecified atom stereocenters. The van der Waals surface area contributed by atoms with Crippen molar-refractivity contribution in [1.82, 2.24) is 0 Å². The van der Waals surface area contributed by atoms with Gasteiger partial charge in [-0.1, -0.05) is 30.3 Å². The van der Waals surface area contributed by atoms with Crippen LogP contribution in [0.5, 0.6) is 11.5 Å². The summed E-state index contributed by atoms with van der Waals surface area (Å²) in [7, 11) is 0. The van der Waals surface area contributed by atoms with E-state index in [-0.39, 0.29) is 24.7 Å². The van der Waals surface area contributed by atoms with Gasteiger partial charge in [0.1, 0.15) is 18.1 Å². The third kappa shape index (κ3) is 5.00. The molecule has 21 heavy (non-hydrogen) atoms. The lowest BCUT2D eigenvalue weighted by atomic mass is 10.2. The van der Waals surface area contributed by atoms with E-state index in [2.05, 4.69) is 4.74 Å². The van der Waals surface area contributed by atoms with Gasteiger partial charge in [0.25, 0.3) is 0 Å². The highest BCUT2D eigenvalue weighted by atomic mass is 19.4. The molecule has 0 aliphatic heterocycles. The minimum absolute atomic E-state index is 0.0940. The second kappa shape index (κ2) is 6.49. The maximum atomic E-state index is 12.3. The van der Waals surface area contributed by atoms with Crippen molar-refractivity contribution in [2.45, 2.75) is 19.5 Å². The van der Waals surface area contributed by atoms with Gasteiger partial charge >= 0.3 is 6.36 Å². The minimum atomic E-state index is -4.75. The molecule has 2 aromatic rings. The molecule has 0 aromatic heterocycles. The summed E-state index contributed by atoms with van der Waals surface area (Å²) in [6.45, 7) is 0.344. The highest BCUT2D eigenvalue weighted by Gasteiger charge is 2.31. The summed E-state index contributed by atoms with van der Waals surface area (Å²) in [6, 6.07) is 13.3. The van der Waals surface area contributed by atoms with Gasteiger partial charge in [0.2, 0.25) is 0 Å². The topological polar surface area (TPSA) is 44.5 Å². The number of benzene rings is 2. The van der Waals surface area contributed by atoms with Gasteiger partial charge < -0.3 is 15.2 Å². The average Bonchev–Trinajstić information content (AvgIpc) is 2.44. The van der Waals surface area contributed by atoms with Crippen molar-refractivity contribution in [3.05, 3.63) is 59.7 Å². The Morgan fingerprint density at radius 1 is 0.905 bits per heavy atom. The molecule has 2 N–H and O–H groups in total. The van der Waals surface area contributed by atoms with E-state index in [9.17, 15) is 13.2 Å². The van der Waals surface area contributed by atoms with E-state index in [1.165, 1.54) is 12.1 Å². The Morgan fingerprint density at radius 3 is 2.19 bits per heavy atom. The summed E-state index contributed by atoms with van der Waals surface area (Å²) in [5, 5.41) is 0. The molecule has 0 aliphatic carbocycles. The van der Waals surface area contributed by atoms with E-state index < -0.39 is 6.36 Å². The summed E-state index contributed by atoms with van der Waals surface area (Å²) in [6.07, 6.45) is -4.75. The number of alkyl halides is 3. The van der Waals surface area contributed by atoms with E-state index >= 15 is 0 Å². The number of rotatable bonds is 5. The van der Waals surface area contributed by atoms with Gasteiger partial charge in [-0.25, -0.2) is 0 Å². The summed E-state index contributed by atoms with van der Waals surface area (Å²) in [4.78, 5) is 0. The average molecular weight is 297 g/mol. The molecule has 0 amide bonds. The SMILES string of the molecule is NCc1cc(OCc2ccccc2)cc(OC(F)(F)F)c1. The van der Waals surface area contributed by atoms with Crippen molar-refractivity contribution in [3.63, 3.8) is 0 Å². The van der Waals surface area contributed by atoms with Crippen molar-refractivity contribution in [2.24, 2.45) is 5.73 Å². The van der Waals surface area contributed by atoms with Crippen molar-refractivity contribution in [3.8, 4) is 11.5 Å². The quantitative estimate of drug-likeness (QED) is 0.916. The molecule has 0 aliphatic rings. The van der Waals surface area contributed by atoms with Crippen molar-refractivity contribution >= 4 is 0 Å². The Morgan fingerprint density at radius 2 is 1.57 bits per heavy atom. The fourth-order valence-electron chi connectivity index (χ4n) is 1.77. The first-order valence-electron chi connectivity index (χ1n) is 6.23. The molecule has 2 rings (SSSR count). The van der Waals surface area contributed by atoms with E-state index in [4.69, 9.17) is 10.5 Å². The highest BCUT2D eigenvalue weighted by Crippen LogP contribution is 2.28. The van der Waals surface area contributed by atoms with Gasteiger partial charge in [-0.15, -0.1) is 13.2 Å².